The van der Waals surface area contributed by atoms with Gasteiger partial charge in [-0.15, -0.1) is 0 Å². The molecule has 1 aliphatic rings. The van der Waals surface area contributed by atoms with E-state index in [1.54, 1.807) is 12.1 Å². The summed E-state index contributed by atoms with van der Waals surface area (Å²) < 4.78 is 0. The van der Waals surface area contributed by atoms with E-state index in [0.29, 0.717) is 29.1 Å². The maximum absolute atomic E-state index is 11.0. The Balaban J connectivity index is 2.28. The molecule has 17 heavy (non-hydrogen) atoms. The molecule has 1 aromatic carbocycles. The molecule has 88 valence electrons. The second-order valence-corrected chi connectivity index (χ2v) is 4.02. The van der Waals surface area contributed by atoms with Gasteiger partial charge >= 0.3 is 0 Å². The molecule has 0 spiro atoms. The highest BCUT2D eigenvalue weighted by Gasteiger charge is 2.18. The molecule has 0 aliphatic carbocycles. The lowest BCUT2D eigenvalue weighted by molar-refractivity contribution is -0.384. The van der Waals surface area contributed by atoms with E-state index < -0.39 is 4.92 Å². The first-order valence-electron chi connectivity index (χ1n) is 5.01. The van der Waals surface area contributed by atoms with E-state index in [0.717, 1.165) is 0 Å². The van der Waals surface area contributed by atoms with Gasteiger partial charge in [-0.1, -0.05) is 11.6 Å². The van der Waals surface area contributed by atoms with Crippen LogP contribution in [-0.4, -0.2) is 10.8 Å². The molecule has 0 unspecified atom stereocenters. The number of nitrogens with one attached hydrogen (secondary N) is 1. The van der Waals surface area contributed by atoms with Gasteiger partial charge in [0, 0.05) is 24.3 Å². The van der Waals surface area contributed by atoms with Crippen molar-refractivity contribution in [1.82, 2.24) is 5.32 Å². The summed E-state index contributed by atoms with van der Waals surface area (Å²) in [5.74, 6) is -0.0555. The fourth-order valence-corrected chi connectivity index (χ4v) is 1.87. The summed E-state index contributed by atoms with van der Waals surface area (Å²) in [6.07, 6.45) is 1.01. The molecule has 1 N–H and O–H groups in total. The molecular weight excluding hydrogens is 244 g/mol. The predicted molar refractivity (Wildman–Crippen MR) is 63.2 cm³/mol. The average molecular weight is 253 g/mol. The number of benzene rings is 1. The summed E-state index contributed by atoms with van der Waals surface area (Å²) in [7, 11) is 0. The molecule has 1 aromatic rings. The van der Waals surface area contributed by atoms with Gasteiger partial charge in [-0.3, -0.25) is 14.9 Å². The van der Waals surface area contributed by atoms with E-state index in [2.05, 4.69) is 5.32 Å². The zero-order valence-electron chi connectivity index (χ0n) is 8.77. The van der Waals surface area contributed by atoms with Gasteiger partial charge in [0.2, 0.25) is 5.91 Å². The first kappa shape index (κ1) is 11.6. The van der Waals surface area contributed by atoms with Crippen molar-refractivity contribution >= 4 is 28.2 Å². The molecule has 0 atom stereocenters. The highest BCUT2D eigenvalue weighted by atomic mass is 35.5. The van der Waals surface area contributed by atoms with Crippen LogP contribution in [0.3, 0.4) is 0 Å². The van der Waals surface area contributed by atoms with Crippen LogP contribution in [0.25, 0.3) is 5.03 Å². The number of carbonyl (C=O) groups excluding carboxylic acids is 1. The molecule has 1 saturated heterocycles. The van der Waals surface area contributed by atoms with Gasteiger partial charge in [0.15, 0.2) is 0 Å². The van der Waals surface area contributed by atoms with Crippen molar-refractivity contribution < 1.29 is 9.72 Å². The van der Waals surface area contributed by atoms with Crippen molar-refractivity contribution in [3.8, 4) is 0 Å². The van der Waals surface area contributed by atoms with Crippen molar-refractivity contribution in [1.29, 1.82) is 0 Å². The Hall–Kier alpha value is -1.88. The Morgan fingerprint density at radius 2 is 1.94 bits per heavy atom. The fraction of sp³-hybridized carbons (Fsp3) is 0.182. The normalized spacial score (nSPS) is 17.8. The van der Waals surface area contributed by atoms with Crippen LogP contribution in [0.5, 0.6) is 0 Å². The largest absolute Gasteiger partial charge is 0.328 e. The van der Waals surface area contributed by atoms with Crippen molar-refractivity contribution in [2.24, 2.45) is 0 Å². The van der Waals surface area contributed by atoms with E-state index in [-0.39, 0.29) is 11.6 Å². The Bertz CT molecular complexity index is 508. The zero-order chi connectivity index (χ0) is 12.4. The van der Waals surface area contributed by atoms with Crippen LogP contribution in [0.4, 0.5) is 5.69 Å². The molecule has 2 rings (SSSR count). The van der Waals surface area contributed by atoms with Gasteiger partial charge in [0.25, 0.3) is 5.69 Å². The van der Waals surface area contributed by atoms with Crippen LogP contribution >= 0.6 is 11.6 Å². The van der Waals surface area contributed by atoms with Crippen LogP contribution in [0.2, 0.25) is 0 Å². The summed E-state index contributed by atoms with van der Waals surface area (Å²) in [4.78, 5) is 21.1. The van der Waals surface area contributed by atoms with Crippen LogP contribution in [0, 0.1) is 10.1 Å². The molecule has 0 saturated carbocycles. The molecule has 1 aliphatic heterocycles. The summed E-state index contributed by atoms with van der Waals surface area (Å²) >= 11 is 6.10. The van der Waals surface area contributed by atoms with Gasteiger partial charge in [-0.2, -0.15) is 0 Å². The van der Waals surface area contributed by atoms with Crippen molar-refractivity contribution in [2.75, 3.05) is 0 Å². The molecule has 0 radical (unpaired) electrons. The minimum Gasteiger partial charge on any atom is -0.328 e. The maximum Gasteiger partial charge on any atom is 0.269 e. The molecule has 0 bridgehead atoms. The quantitative estimate of drug-likeness (QED) is 0.649. The summed E-state index contributed by atoms with van der Waals surface area (Å²) in [6, 6.07) is 5.90. The molecule has 1 amide bonds. The lowest BCUT2D eigenvalue weighted by atomic mass is 10.1. The highest BCUT2D eigenvalue weighted by Crippen LogP contribution is 2.28. The molecule has 5 nitrogen and oxygen atoms in total. The van der Waals surface area contributed by atoms with Crippen molar-refractivity contribution in [2.45, 2.75) is 12.8 Å². The predicted octanol–water partition coefficient (Wildman–Crippen LogP) is 2.41. The Labute approximate surface area is 102 Å². The van der Waals surface area contributed by atoms with Gasteiger partial charge in [-0.05, 0) is 24.1 Å². The number of amides is 1. The van der Waals surface area contributed by atoms with Crippen LogP contribution in [0.1, 0.15) is 18.4 Å². The summed E-state index contributed by atoms with van der Waals surface area (Å²) in [6.45, 7) is 0. The van der Waals surface area contributed by atoms with Crippen LogP contribution < -0.4 is 5.32 Å². The molecule has 6 heteroatoms. The Kier molecular flexibility index (Phi) is 3.10. The van der Waals surface area contributed by atoms with Gasteiger partial charge in [0.1, 0.15) is 0 Å². The number of hydrogen-bond acceptors (Lipinski definition) is 3. The lowest BCUT2D eigenvalue weighted by Gasteiger charge is -2.03. The summed E-state index contributed by atoms with van der Waals surface area (Å²) in [5.41, 5.74) is 1.35. The molecule has 0 aromatic heterocycles. The standard InChI is InChI=1S/C11H9ClN2O3/c12-11(9-5-6-10(15)13-9)7-1-3-8(4-2-7)14(16)17/h1-4H,5-6H2,(H,13,15)/b11-9-. The molecule has 1 heterocycles. The van der Waals surface area contributed by atoms with E-state index in [1.165, 1.54) is 12.1 Å². The number of non-ortho nitro benzene ring substituents is 1. The fourth-order valence-electron chi connectivity index (χ4n) is 1.60. The minimum absolute atomic E-state index is 0.0127. The van der Waals surface area contributed by atoms with Gasteiger partial charge in [-0.25, -0.2) is 0 Å². The first-order valence-corrected chi connectivity index (χ1v) is 5.39. The maximum atomic E-state index is 11.0. The molecule has 1 fully saturated rings. The number of hydrogen-bond donors (Lipinski definition) is 1. The van der Waals surface area contributed by atoms with E-state index in [1.807, 2.05) is 0 Å². The van der Waals surface area contributed by atoms with E-state index in [4.69, 9.17) is 11.6 Å². The lowest BCUT2D eigenvalue weighted by Crippen LogP contribution is -2.12. The number of halogens is 1. The second-order valence-electron chi connectivity index (χ2n) is 3.64. The smallest absolute Gasteiger partial charge is 0.269 e. The third kappa shape index (κ3) is 2.45. The van der Waals surface area contributed by atoms with E-state index in [9.17, 15) is 14.9 Å². The van der Waals surface area contributed by atoms with E-state index >= 15 is 0 Å². The zero-order valence-corrected chi connectivity index (χ0v) is 9.53. The Morgan fingerprint density at radius 1 is 1.29 bits per heavy atom. The van der Waals surface area contributed by atoms with Crippen molar-refractivity contribution in [3.63, 3.8) is 0 Å². The number of carbonyl (C=O) groups is 1. The Morgan fingerprint density at radius 3 is 2.41 bits per heavy atom. The SMILES string of the molecule is O=C1CC/C(=C(/Cl)c2ccc([N+](=O)[O-])cc2)N1. The highest BCUT2D eigenvalue weighted by molar-refractivity contribution is 6.49. The number of nitro benzene ring substituents is 1. The summed E-state index contributed by atoms with van der Waals surface area (Å²) in [5, 5.41) is 13.6. The van der Waals surface area contributed by atoms with Crippen LogP contribution in [0.15, 0.2) is 30.0 Å². The minimum atomic E-state index is -0.470. The monoisotopic (exact) mass is 252 g/mol. The third-order valence-corrected chi connectivity index (χ3v) is 2.94. The third-order valence-electron chi connectivity index (χ3n) is 2.49. The number of allylic oxidation sites excluding steroid dienone is 1. The first-order chi connectivity index (χ1) is 8.08. The van der Waals surface area contributed by atoms with Crippen LogP contribution in [-0.2, 0) is 4.79 Å². The van der Waals surface area contributed by atoms with Crippen molar-refractivity contribution in [3.05, 3.63) is 45.6 Å². The number of nitrogens with zero attached hydrogens (tertiary/aromatic N) is 1. The average Bonchev–Trinajstić information content (AvgIpc) is 2.75. The topological polar surface area (TPSA) is 72.2 Å². The number of rotatable bonds is 2. The second kappa shape index (κ2) is 4.55. The van der Waals surface area contributed by atoms with Gasteiger partial charge in [0.05, 0.1) is 9.96 Å². The van der Waals surface area contributed by atoms with Gasteiger partial charge < -0.3 is 5.32 Å². The number of nitro groups is 1. The molecular formula is C11H9ClN2O3.